The van der Waals surface area contributed by atoms with E-state index in [1.807, 2.05) is 4.90 Å². The number of nitrogens with zero attached hydrogens (tertiary/aromatic N) is 4. The van der Waals surface area contributed by atoms with Crippen molar-refractivity contribution in [1.29, 1.82) is 0 Å². The second kappa shape index (κ2) is 5.83. The molecule has 1 aliphatic heterocycles. The van der Waals surface area contributed by atoms with E-state index in [9.17, 15) is 9.59 Å². The van der Waals surface area contributed by atoms with Crippen LogP contribution in [0.1, 0.15) is 42.6 Å². The highest BCUT2D eigenvalue weighted by Crippen LogP contribution is 2.29. The van der Waals surface area contributed by atoms with Crippen molar-refractivity contribution in [3.63, 3.8) is 0 Å². The summed E-state index contributed by atoms with van der Waals surface area (Å²) in [7, 11) is 1.75. The van der Waals surface area contributed by atoms with Crippen molar-refractivity contribution in [2.75, 3.05) is 20.1 Å². The van der Waals surface area contributed by atoms with Crippen LogP contribution in [0.25, 0.3) is 0 Å². The van der Waals surface area contributed by atoms with E-state index in [1.54, 1.807) is 11.9 Å². The number of hydrogen-bond acceptors (Lipinski definition) is 4. The van der Waals surface area contributed by atoms with Crippen LogP contribution in [0.15, 0.2) is 6.20 Å². The van der Waals surface area contributed by atoms with Gasteiger partial charge in [-0.1, -0.05) is 12.8 Å². The minimum Gasteiger partial charge on any atom is -0.340 e. The van der Waals surface area contributed by atoms with Crippen LogP contribution < -0.4 is 0 Å². The summed E-state index contributed by atoms with van der Waals surface area (Å²) in [5.74, 6) is 0.309. The second-order valence-electron chi connectivity index (χ2n) is 6.10. The molecule has 0 radical (unpaired) electrons. The minimum absolute atomic E-state index is 0.157. The lowest BCUT2D eigenvalue weighted by atomic mass is 10.1. The zero-order chi connectivity index (χ0) is 14.8. The van der Waals surface area contributed by atoms with E-state index in [4.69, 9.17) is 0 Å². The van der Waals surface area contributed by atoms with Gasteiger partial charge in [-0.15, -0.1) is 0 Å². The van der Waals surface area contributed by atoms with E-state index in [0.29, 0.717) is 24.7 Å². The fourth-order valence-electron chi connectivity index (χ4n) is 3.47. The largest absolute Gasteiger partial charge is 0.340 e. The number of hydrogen-bond donors (Lipinski definition) is 1. The predicted molar refractivity (Wildman–Crippen MR) is 75.4 cm³/mol. The number of amides is 2. The van der Waals surface area contributed by atoms with Crippen molar-refractivity contribution in [2.24, 2.45) is 5.92 Å². The predicted octanol–water partition coefficient (Wildman–Crippen LogP) is 0.668. The molecule has 3 rings (SSSR count). The van der Waals surface area contributed by atoms with Crippen molar-refractivity contribution >= 4 is 11.8 Å². The molecule has 1 aromatic rings. The van der Waals surface area contributed by atoms with Gasteiger partial charge in [0.05, 0.1) is 6.20 Å². The van der Waals surface area contributed by atoms with Crippen LogP contribution in [-0.2, 0) is 4.79 Å². The van der Waals surface area contributed by atoms with Crippen molar-refractivity contribution in [1.82, 2.24) is 25.2 Å². The number of H-pyrrole nitrogens is 1. The molecule has 114 valence electrons. The molecule has 2 amide bonds. The van der Waals surface area contributed by atoms with Gasteiger partial charge < -0.3 is 9.80 Å². The van der Waals surface area contributed by atoms with Crippen molar-refractivity contribution in [3.05, 3.63) is 11.9 Å². The van der Waals surface area contributed by atoms with Crippen LogP contribution in [0.2, 0.25) is 0 Å². The number of carbonyl (C=O) groups is 2. The van der Waals surface area contributed by atoms with Crippen LogP contribution in [0.3, 0.4) is 0 Å². The molecule has 0 unspecified atom stereocenters. The highest BCUT2D eigenvalue weighted by molar-refractivity contribution is 5.91. The SMILES string of the molecule is CN(C[C@H]1CC(=O)N(C2CCCC2)C1)C(=O)c1cn[nH]n1. The molecule has 1 saturated carbocycles. The normalized spacial score (nSPS) is 23.0. The fourth-order valence-corrected chi connectivity index (χ4v) is 3.47. The maximum atomic E-state index is 12.1. The zero-order valence-corrected chi connectivity index (χ0v) is 12.3. The third-order valence-electron chi connectivity index (χ3n) is 4.52. The Morgan fingerprint density at radius 1 is 1.48 bits per heavy atom. The summed E-state index contributed by atoms with van der Waals surface area (Å²) in [6.45, 7) is 1.36. The highest BCUT2D eigenvalue weighted by atomic mass is 16.2. The lowest BCUT2D eigenvalue weighted by Gasteiger charge is -2.25. The monoisotopic (exact) mass is 291 g/mol. The molecule has 7 nitrogen and oxygen atoms in total. The summed E-state index contributed by atoms with van der Waals surface area (Å²) in [6.07, 6.45) is 6.68. The average molecular weight is 291 g/mol. The third kappa shape index (κ3) is 2.91. The average Bonchev–Trinajstić information content (AvgIpc) is 3.19. The Kier molecular flexibility index (Phi) is 3.90. The summed E-state index contributed by atoms with van der Waals surface area (Å²) in [6, 6.07) is 0.430. The Morgan fingerprint density at radius 2 is 2.24 bits per heavy atom. The summed E-state index contributed by atoms with van der Waals surface area (Å²) in [5, 5.41) is 9.89. The quantitative estimate of drug-likeness (QED) is 0.884. The first kappa shape index (κ1) is 14.0. The fraction of sp³-hybridized carbons (Fsp3) is 0.714. The van der Waals surface area contributed by atoms with Crippen LogP contribution in [0.4, 0.5) is 0 Å². The number of likely N-dealkylation sites (tertiary alicyclic amines) is 1. The van der Waals surface area contributed by atoms with Gasteiger partial charge >= 0.3 is 0 Å². The number of nitrogens with one attached hydrogen (secondary N) is 1. The number of carbonyl (C=O) groups excluding carboxylic acids is 2. The van der Waals surface area contributed by atoms with Crippen LogP contribution >= 0.6 is 0 Å². The molecule has 1 saturated heterocycles. The first-order valence-corrected chi connectivity index (χ1v) is 7.56. The first-order valence-electron chi connectivity index (χ1n) is 7.56. The summed E-state index contributed by atoms with van der Waals surface area (Å²) in [5.41, 5.74) is 0.314. The van der Waals surface area contributed by atoms with Crippen LogP contribution in [0.5, 0.6) is 0 Å². The lowest BCUT2D eigenvalue weighted by Crippen LogP contribution is -2.36. The van der Waals surface area contributed by atoms with E-state index in [0.717, 1.165) is 19.4 Å². The van der Waals surface area contributed by atoms with E-state index in [2.05, 4.69) is 15.4 Å². The summed E-state index contributed by atoms with van der Waals surface area (Å²) >= 11 is 0. The smallest absolute Gasteiger partial charge is 0.275 e. The summed E-state index contributed by atoms with van der Waals surface area (Å²) in [4.78, 5) is 27.9. The minimum atomic E-state index is -0.157. The van der Waals surface area contributed by atoms with E-state index < -0.39 is 0 Å². The standard InChI is InChI=1S/C14H21N5O2/c1-18(14(21)12-7-15-17-16-12)8-10-6-13(20)19(9-10)11-4-2-3-5-11/h7,10-11H,2-6,8-9H2,1H3,(H,15,16,17)/t10-/m1/s1. The third-order valence-corrected chi connectivity index (χ3v) is 4.52. The topological polar surface area (TPSA) is 82.2 Å². The van der Waals surface area contributed by atoms with Gasteiger partial charge in [-0.3, -0.25) is 9.59 Å². The number of rotatable bonds is 4. The molecule has 7 heteroatoms. The van der Waals surface area contributed by atoms with Gasteiger partial charge in [-0.05, 0) is 12.8 Å². The molecule has 1 aromatic heterocycles. The van der Waals surface area contributed by atoms with Crippen LogP contribution in [0, 0.1) is 5.92 Å². The van der Waals surface area contributed by atoms with Gasteiger partial charge in [0.25, 0.3) is 5.91 Å². The first-order chi connectivity index (χ1) is 10.1. The molecule has 0 spiro atoms. The Balaban J connectivity index is 1.56. The Hall–Kier alpha value is -1.92. The Bertz CT molecular complexity index is 509. The molecule has 1 atom stereocenters. The molecule has 2 fully saturated rings. The van der Waals surface area contributed by atoms with Gasteiger partial charge in [0.15, 0.2) is 5.69 Å². The highest BCUT2D eigenvalue weighted by Gasteiger charge is 2.36. The molecule has 21 heavy (non-hydrogen) atoms. The molecular weight excluding hydrogens is 270 g/mol. The number of aromatic amines is 1. The molecule has 2 heterocycles. The van der Waals surface area contributed by atoms with Gasteiger partial charge in [0, 0.05) is 38.5 Å². The molecular formula is C14H21N5O2. The van der Waals surface area contributed by atoms with Gasteiger partial charge in [0.1, 0.15) is 0 Å². The molecule has 2 aliphatic rings. The number of aromatic nitrogens is 3. The van der Waals surface area contributed by atoms with Gasteiger partial charge in [-0.2, -0.15) is 15.4 Å². The van der Waals surface area contributed by atoms with Crippen molar-refractivity contribution in [2.45, 2.75) is 38.1 Å². The van der Waals surface area contributed by atoms with Gasteiger partial charge in [0.2, 0.25) is 5.91 Å². The molecule has 0 bridgehead atoms. The maximum Gasteiger partial charge on any atom is 0.275 e. The molecule has 1 N–H and O–H groups in total. The van der Waals surface area contributed by atoms with Crippen molar-refractivity contribution in [3.8, 4) is 0 Å². The lowest BCUT2D eigenvalue weighted by molar-refractivity contribution is -0.129. The second-order valence-corrected chi connectivity index (χ2v) is 6.10. The maximum absolute atomic E-state index is 12.1. The van der Waals surface area contributed by atoms with Crippen molar-refractivity contribution < 1.29 is 9.59 Å². The van der Waals surface area contributed by atoms with Crippen LogP contribution in [-0.4, -0.2) is 63.2 Å². The molecule has 1 aliphatic carbocycles. The van der Waals surface area contributed by atoms with E-state index in [1.165, 1.54) is 19.0 Å². The Morgan fingerprint density at radius 3 is 2.90 bits per heavy atom. The van der Waals surface area contributed by atoms with Gasteiger partial charge in [-0.25, -0.2) is 0 Å². The van der Waals surface area contributed by atoms with E-state index in [-0.39, 0.29) is 17.7 Å². The molecule has 0 aromatic carbocycles. The Labute approximate surface area is 123 Å². The van der Waals surface area contributed by atoms with E-state index >= 15 is 0 Å². The summed E-state index contributed by atoms with van der Waals surface area (Å²) < 4.78 is 0. The zero-order valence-electron chi connectivity index (χ0n) is 12.3.